The molecule has 0 spiro atoms. The number of amides is 1. The number of halogens is 2. The molecule has 0 saturated heterocycles. The molecule has 0 heterocycles. The number of hydrogen-bond donors (Lipinski definition) is 1. The van der Waals surface area contributed by atoms with E-state index >= 15 is 0 Å². The van der Waals surface area contributed by atoms with Crippen molar-refractivity contribution < 1.29 is 4.79 Å². The fourth-order valence-corrected chi connectivity index (χ4v) is 1.84. The molecule has 0 aliphatic carbocycles. The van der Waals surface area contributed by atoms with E-state index in [1.807, 2.05) is 25.1 Å². The van der Waals surface area contributed by atoms with Crippen molar-refractivity contribution in [2.75, 3.05) is 14.1 Å². The van der Waals surface area contributed by atoms with Crippen molar-refractivity contribution in [2.24, 2.45) is 0 Å². The molecule has 0 fully saturated rings. The van der Waals surface area contributed by atoms with Gasteiger partial charge in [0.15, 0.2) is 0 Å². The maximum absolute atomic E-state index is 11.6. The predicted octanol–water partition coefficient (Wildman–Crippen LogP) is 2.67. The SMILES string of the molecule is CC(NCc1ccc(Br)c(Cl)c1)C(=O)N(C)C. The van der Waals surface area contributed by atoms with E-state index in [2.05, 4.69) is 21.2 Å². The van der Waals surface area contributed by atoms with Gasteiger partial charge in [0, 0.05) is 25.1 Å². The molecule has 94 valence electrons. The van der Waals surface area contributed by atoms with Gasteiger partial charge in [0.05, 0.1) is 11.1 Å². The molecular formula is C12H16BrClN2O. The molecule has 0 bridgehead atoms. The number of rotatable bonds is 4. The van der Waals surface area contributed by atoms with Crippen LogP contribution in [0.4, 0.5) is 0 Å². The van der Waals surface area contributed by atoms with Crippen molar-refractivity contribution in [3.63, 3.8) is 0 Å². The van der Waals surface area contributed by atoms with Crippen LogP contribution >= 0.6 is 27.5 Å². The highest BCUT2D eigenvalue weighted by molar-refractivity contribution is 9.10. The average molecular weight is 320 g/mol. The summed E-state index contributed by atoms with van der Waals surface area (Å²) in [6.07, 6.45) is 0. The highest BCUT2D eigenvalue weighted by atomic mass is 79.9. The quantitative estimate of drug-likeness (QED) is 0.925. The minimum absolute atomic E-state index is 0.0632. The second-order valence-electron chi connectivity index (χ2n) is 4.08. The van der Waals surface area contributed by atoms with Crippen LogP contribution in [0.3, 0.4) is 0 Å². The third-order valence-electron chi connectivity index (χ3n) is 2.41. The zero-order valence-corrected chi connectivity index (χ0v) is 12.5. The van der Waals surface area contributed by atoms with E-state index in [0.717, 1.165) is 10.0 Å². The van der Waals surface area contributed by atoms with E-state index in [1.165, 1.54) is 0 Å². The summed E-state index contributed by atoms with van der Waals surface area (Å²) >= 11 is 9.33. The van der Waals surface area contributed by atoms with E-state index in [-0.39, 0.29) is 11.9 Å². The van der Waals surface area contributed by atoms with Gasteiger partial charge in [0.1, 0.15) is 0 Å². The van der Waals surface area contributed by atoms with Gasteiger partial charge in [0.2, 0.25) is 5.91 Å². The first kappa shape index (κ1) is 14.5. The number of carbonyl (C=O) groups excluding carboxylic acids is 1. The molecule has 1 aromatic carbocycles. The Morgan fingerprint density at radius 3 is 2.71 bits per heavy atom. The van der Waals surface area contributed by atoms with Gasteiger partial charge >= 0.3 is 0 Å². The van der Waals surface area contributed by atoms with Crippen molar-refractivity contribution in [3.8, 4) is 0 Å². The predicted molar refractivity (Wildman–Crippen MR) is 74.1 cm³/mol. The average Bonchev–Trinajstić information content (AvgIpc) is 2.29. The molecule has 3 nitrogen and oxygen atoms in total. The normalized spacial score (nSPS) is 12.3. The molecule has 1 amide bonds. The summed E-state index contributed by atoms with van der Waals surface area (Å²) in [7, 11) is 3.49. The molecule has 5 heteroatoms. The van der Waals surface area contributed by atoms with Gasteiger partial charge in [-0.25, -0.2) is 0 Å². The zero-order chi connectivity index (χ0) is 13.0. The van der Waals surface area contributed by atoms with Crippen LogP contribution in [0.2, 0.25) is 5.02 Å². The molecule has 0 aliphatic rings. The summed E-state index contributed by atoms with van der Waals surface area (Å²) < 4.78 is 0.875. The lowest BCUT2D eigenvalue weighted by Crippen LogP contribution is -2.41. The molecule has 1 unspecified atom stereocenters. The van der Waals surface area contributed by atoms with Crippen LogP contribution in [0, 0.1) is 0 Å². The Kier molecular flexibility index (Phi) is 5.43. The van der Waals surface area contributed by atoms with Crippen LogP contribution in [0.25, 0.3) is 0 Å². The highest BCUT2D eigenvalue weighted by Gasteiger charge is 2.13. The minimum atomic E-state index is -0.201. The summed E-state index contributed by atoms with van der Waals surface area (Å²) in [4.78, 5) is 13.2. The van der Waals surface area contributed by atoms with Crippen molar-refractivity contribution in [2.45, 2.75) is 19.5 Å². The maximum Gasteiger partial charge on any atom is 0.238 e. The van der Waals surface area contributed by atoms with Gasteiger partial charge in [-0.2, -0.15) is 0 Å². The summed E-state index contributed by atoms with van der Waals surface area (Å²) in [5.74, 6) is 0.0632. The molecule has 0 saturated carbocycles. The van der Waals surface area contributed by atoms with Crippen molar-refractivity contribution in [3.05, 3.63) is 33.3 Å². The molecule has 1 rings (SSSR count). The van der Waals surface area contributed by atoms with E-state index in [4.69, 9.17) is 11.6 Å². The van der Waals surface area contributed by atoms with E-state index < -0.39 is 0 Å². The Hall–Kier alpha value is -0.580. The third-order valence-corrected chi connectivity index (χ3v) is 3.64. The highest BCUT2D eigenvalue weighted by Crippen LogP contribution is 2.23. The first-order valence-corrected chi connectivity index (χ1v) is 6.47. The maximum atomic E-state index is 11.6. The Labute approximate surface area is 115 Å². The van der Waals surface area contributed by atoms with Gasteiger partial charge < -0.3 is 10.2 Å². The number of likely N-dealkylation sites (N-methyl/N-ethyl adjacent to an activating group) is 1. The van der Waals surface area contributed by atoms with Gasteiger partial charge in [-0.1, -0.05) is 17.7 Å². The van der Waals surface area contributed by atoms with Crippen LogP contribution in [-0.4, -0.2) is 30.9 Å². The fourth-order valence-electron chi connectivity index (χ4n) is 1.40. The molecule has 0 aromatic heterocycles. The second kappa shape index (κ2) is 6.38. The molecular weight excluding hydrogens is 304 g/mol. The summed E-state index contributed by atoms with van der Waals surface area (Å²) in [6, 6.07) is 5.55. The van der Waals surface area contributed by atoms with Crippen molar-refractivity contribution in [1.29, 1.82) is 0 Å². The second-order valence-corrected chi connectivity index (χ2v) is 5.35. The Bertz CT molecular complexity index is 409. The lowest BCUT2D eigenvalue weighted by atomic mass is 10.2. The van der Waals surface area contributed by atoms with E-state index in [1.54, 1.807) is 19.0 Å². The molecule has 1 atom stereocenters. The molecule has 0 radical (unpaired) electrons. The Morgan fingerprint density at radius 2 is 2.18 bits per heavy atom. The summed E-state index contributed by atoms with van der Waals surface area (Å²) in [5.41, 5.74) is 1.05. The van der Waals surface area contributed by atoms with Crippen LogP contribution in [0.15, 0.2) is 22.7 Å². The number of carbonyl (C=O) groups is 1. The minimum Gasteiger partial charge on any atom is -0.347 e. The fraction of sp³-hybridized carbons (Fsp3) is 0.417. The molecule has 17 heavy (non-hydrogen) atoms. The van der Waals surface area contributed by atoms with Crippen molar-refractivity contribution >= 4 is 33.4 Å². The lowest BCUT2D eigenvalue weighted by molar-refractivity contribution is -0.130. The van der Waals surface area contributed by atoms with Crippen molar-refractivity contribution in [1.82, 2.24) is 10.2 Å². The Morgan fingerprint density at radius 1 is 1.53 bits per heavy atom. The van der Waals surface area contributed by atoms with E-state index in [0.29, 0.717) is 11.6 Å². The monoisotopic (exact) mass is 318 g/mol. The van der Waals surface area contributed by atoms with Gasteiger partial charge in [-0.05, 0) is 40.5 Å². The molecule has 1 aromatic rings. The van der Waals surface area contributed by atoms with Crippen LogP contribution < -0.4 is 5.32 Å². The number of benzene rings is 1. The van der Waals surface area contributed by atoms with Crippen LogP contribution in [0.5, 0.6) is 0 Å². The van der Waals surface area contributed by atoms with Crippen LogP contribution in [0.1, 0.15) is 12.5 Å². The Balaban J connectivity index is 2.56. The smallest absolute Gasteiger partial charge is 0.238 e. The largest absolute Gasteiger partial charge is 0.347 e. The zero-order valence-electron chi connectivity index (χ0n) is 10.1. The first-order valence-electron chi connectivity index (χ1n) is 5.30. The third kappa shape index (κ3) is 4.30. The van der Waals surface area contributed by atoms with Gasteiger partial charge in [-0.15, -0.1) is 0 Å². The number of nitrogens with zero attached hydrogens (tertiary/aromatic N) is 1. The molecule has 0 aliphatic heterocycles. The van der Waals surface area contributed by atoms with E-state index in [9.17, 15) is 4.79 Å². The standard InChI is InChI=1S/C12H16BrClN2O/c1-8(12(17)16(2)3)15-7-9-4-5-10(13)11(14)6-9/h4-6,8,15H,7H2,1-3H3. The van der Waals surface area contributed by atoms with Crippen LogP contribution in [-0.2, 0) is 11.3 Å². The summed E-state index contributed by atoms with van der Waals surface area (Å²) in [6.45, 7) is 2.47. The number of hydrogen-bond acceptors (Lipinski definition) is 2. The van der Waals surface area contributed by atoms with Gasteiger partial charge in [-0.3, -0.25) is 4.79 Å². The van der Waals surface area contributed by atoms with Gasteiger partial charge in [0.25, 0.3) is 0 Å². The number of nitrogens with one attached hydrogen (secondary N) is 1. The summed E-state index contributed by atoms with van der Waals surface area (Å²) in [5, 5.41) is 3.84. The first-order chi connectivity index (χ1) is 7.91. The molecule has 1 N–H and O–H groups in total. The topological polar surface area (TPSA) is 32.3 Å². The lowest BCUT2D eigenvalue weighted by Gasteiger charge is -2.18.